The number of carbonyl (C=O) groups excluding carboxylic acids is 1. The van der Waals surface area contributed by atoms with Crippen LogP contribution in [-0.2, 0) is 21.4 Å². The van der Waals surface area contributed by atoms with Crippen molar-refractivity contribution in [3.8, 4) is 5.75 Å². The fraction of sp³-hybridized carbons (Fsp3) is 0.435. The predicted octanol–water partition coefficient (Wildman–Crippen LogP) is 2.41. The number of hydrogen-bond donors (Lipinski definition) is 1. The molecule has 0 aliphatic carbocycles. The lowest BCUT2D eigenvalue weighted by molar-refractivity contribution is -0.131. The Kier molecular flexibility index (Phi) is 8.06. The van der Waals surface area contributed by atoms with Gasteiger partial charge in [-0.25, -0.2) is 8.42 Å². The first kappa shape index (κ1) is 23.2. The molecule has 1 aliphatic rings. The summed E-state index contributed by atoms with van der Waals surface area (Å²) in [5.74, 6) is 0.609. The van der Waals surface area contributed by atoms with Crippen molar-refractivity contribution in [1.29, 1.82) is 0 Å². The molecule has 0 unspecified atom stereocenters. The maximum atomic E-state index is 13.4. The second-order valence-electron chi connectivity index (χ2n) is 7.61. The number of piperazine rings is 1. The molecule has 0 aromatic heterocycles. The van der Waals surface area contributed by atoms with Gasteiger partial charge >= 0.3 is 0 Å². The van der Waals surface area contributed by atoms with Crippen LogP contribution in [0.3, 0.4) is 0 Å². The largest absolute Gasteiger partial charge is 0.494 e. The summed E-state index contributed by atoms with van der Waals surface area (Å²) in [6.45, 7) is 7.57. The minimum Gasteiger partial charge on any atom is -0.494 e. The molecule has 0 saturated carbocycles. The fourth-order valence-electron chi connectivity index (χ4n) is 3.50. The number of rotatable bonds is 9. The fourth-order valence-corrected chi connectivity index (χ4v) is 4.93. The molecule has 0 radical (unpaired) electrons. The van der Waals surface area contributed by atoms with Gasteiger partial charge in [0.1, 0.15) is 5.75 Å². The molecule has 1 aliphatic heterocycles. The van der Waals surface area contributed by atoms with E-state index in [0.29, 0.717) is 25.4 Å². The highest BCUT2D eigenvalue weighted by atomic mass is 32.2. The van der Waals surface area contributed by atoms with E-state index in [-0.39, 0.29) is 30.3 Å². The van der Waals surface area contributed by atoms with Crippen LogP contribution in [0.25, 0.3) is 0 Å². The van der Waals surface area contributed by atoms with Crippen LogP contribution in [0, 0.1) is 6.92 Å². The van der Waals surface area contributed by atoms with Gasteiger partial charge in [-0.2, -0.15) is 4.31 Å². The van der Waals surface area contributed by atoms with Crippen molar-refractivity contribution in [1.82, 2.24) is 14.5 Å². The summed E-state index contributed by atoms with van der Waals surface area (Å²) in [5.41, 5.74) is 1.99. The number of nitrogens with one attached hydrogen (secondary N) is 1. The van der Waals surface area contributed by atoms with E-state index in [0.717, 1.165) is 24.2 Å². The number of carbonyl (C=O) groups is 1. The summed E-state index contributed by atoms with van der Waals surface area (Å²) in [6.07, 6.45) is 0.155. The normalized spacial score (nSPS) is 14.6. The molecule has 31 heavy (non-hydrogen) atoms. The Morgan fingerprint density at radius 3 is 2.32 bits per heavy atom. The Morgan fingerprint density at radius 2 is 1.71 bits per heavy atom. The number of ether oxygens (including phenoxy) is 1. The molecule has 1 saturated heterocycles. The van der Waals surface area contributed by atoms with Gasteiger partial charge in [0, 0.05) is 45.7 Å². The predicted molar refractivity (Wildman–Crippen MR) is 120 cm³/mol. The third-order valence-electron chi connectivity index (χ3n) is 5.30. The molecule has 3 rings (SSSR count). The molecular formula is C23H31N3O4S. The number of nitrogens with zero attached hydrogens (tertiary/aromatic N) is 2. The van der Waals surface area contributed by atoms with Crippen molar-refractivity contribution in [2.75, 3.05) is 39.3 Å². The monoisotopic (exact) mass is 445 g/mol. The maximum absolute atomic E-state index is 13.4. The van der Waals surface area contributed by atoms with Crippen molar-refractivity contribution >= 4 is 15.9 Å². The summed E-state index contributed by atoms with van der Waals surface area (Å²) in [4.78, 5) is 14.6. The molecule has 7 nitrogen and oxygen atoms in total. The third kappa shape index (κ3) is 6.29. The second kappa shape index (κ2) is 10.7. The van der Waals surface area contributed by atoms with Crippen LogP contribution < -0.4 is 10.1 Å². The molecule has 168 valence electrons. The average molecular weight is 446 g/mol. The zero-order valence-corrected chi connectivity index (χ0v) is 19.0. The maximum Gasteiger partial charge on any atom is 0.243 e. The minimum absolute atomic E-state index is 0.0164. The van der Waals surface area contributed by atoms with Gasteiger partial charge in [0.25, 0.3) is 0 Å². The first-order chi connectivity index (χ1) is 14.9. The molecular weight excluding hydrogens is 414 g/mol. The molecule has 0 bridgehead atoms. The van der Waals surface area contributed by atoms with E-state index in [2.05, 4.69) is 5.32 Å². The Labute approximate surface area is 185 Å². The van der Waals surface area contributed by atoms with E-state index in [4.69, 9.17) is 4.74 Å². The number of hydrogen-bond acceptors (Lipinski definition) is 5. The first-order valence-corrected chi connectivity index (χ1v) is 12.1. The first-order valence-electron chi connectivity index (χ1n) is 10.7. The molecule has 0 atom stereocenters. The standard InChI is InChI=1S/C23H31N3O4S/c1-3-30-21-8-10-22(11-9-21)31(28,29)26(18-20-6-4-19(2)5-7-20)15-12-23(27)25-16-13-24-14-17-25/h4-11,24H,3,12-18H2,1-2H3. The number of amides is 1. The molecule has 8 heteroatoms. The molecule has 1 heterocycles. The van der Waals surface area contributed by atoms with Gasteiger partial charge in [-0.15, -0.1) is 0 Å². The molecule has 1 fully saturated rings. The Bertz CT molecular complexity index is 953. The summed E-state index contributed by atoms with van der Waals surface area (Å²) in [7, 11) is -3.77. The van der Waals surface area contributed by atoms with Crippen molar-refractivity contribution < 1.29 is 17.9 Å². The Hall–Kier alpha value is -2.42. The average Bonchev–Trinajstić information content (AvgIpc) is 2.78. The van der Waals surface area contributed by atoms with E-state index in [9.17, 15) is 13.2 Å². The van der Waals surface area contributed by atoms with Gasteiger partial charge in [0.15, 0.2) is 0 Å². The lowest BCUT2D eigenvalue weighted by Gasteiger charge is -2.29. The minimum atomic E-state index is -3.77. The topological polar surface area (TPSA) is 79.0 Å². The highest BCUT2D eigenvalue weighted by Gasteiger charge is 2.26. The van der Waals surface area contributed by atoms with E-state index < -0.39 is 10.0 Å². The Balaban J connectivity index is 1.79. The van der Waals surface area contributed by atoms with Crippen LogP contribution in [-0.4, -0.2) is 62.9 Å². The Morgan fingerprint density at radius 1 is 1.06 bits per heavy atom. The number of sulfonamides is 1. The zero-order valence-electron chi connectivity index (χ0n) is 18.2. The summed E-state index contributed by atoms with van der Waals surface area (Å²) < 4.78 is 33.6. The van der Waals surface area contributed by atoms with Gasteiger partial charge in [0.2, 0.25) is 15.9 Å². The second-order valence-corrected chi connectivity index (χ2v) is 9.55. The molecule has 0 spiro atoms. The van der Waals surface area contributed by atoms with E-state index >= 15 is 0 Å². The van der Waals surface area contributed by atoms with Crippen molar-refractivity contribution in [2.24, 2.45) is 0 Å². The van der Waals surface area contributed by atoms with Crippen molar-refractivity contribution in [3.63, 3.8) is 0 Å². The van der Waals surface area contributed by atoms with Gasteiger partial charge in [-0.3, -0.25) is 4.79 Å². The molecule has 1 N–H and O–H groups in total. The van der Waals surface area contributed by atoms with Crippen LogP contribution in [0.5, 0.6) is 5.75 Å². The highest BCUT2D eigenvalue weighted by Crippen LogP contribution is 2.22. The highest BCUT2D eigenvalue weighted by molar-refractivity contribution is 7.89. The van der Waals surface area contributed by atoms with Gasteiger partial charge in [-0.1, -0.05) is 29.8 Å². The number of benzene rings is 2. The van der Waals surface area contributed by atoms with Crippen LogP contribution >= 0.6 is 0 Å². The smallest absolute Gasteiger partial charge is 0.243 e. The SMILES string of the molecule is CCOc1ccc(S(=O)(=O)N(CCC(=O)N2CCNCC2)Cc2ccc(C)cc2)cc1. The summed E-state index contributed by atoms with van der Waals surface area (Å²) in [6, 6.07) is 14.2. The lowest BCUT2D eigenvalue weighted by Crippen LogP contribution is -2.47. The van der Waals surface area contributed by atoms with Gasteiger partial charge in [0.05, 0.1) is 11.5 Å². The molecule has 2 aromatic carbocycles. The van der Waals surface area contributed by atoms with Crippen LogP contribution in [0.4, 0.5) is 0 Å². The van der Waals surface area contributed by atoms with Gasteiger partial charge in [-0.05, 0) is 43.7 Å². The van der Waals surface area contributed by atoms with Gasteiger partial charge < -0.3 is 15.0 Å². The third-order valence-corrected chi connectivity index (χ3v) is 7.16. The molecule has 2 aromatic rings. The zero-order chi connectivity index (χ0) is 22.3. The van der Waals surface area contributed by atoms with E-state index in [1.54, 1.807) is 29.2 Å². The quantitative estimate of drug-likeness (QED) is 0.641. The van der Waals surface area contributed by atoms with Crippen LogP contribution in [0.1, 0.15) is 24.5 Å². The van der Waals surface area contributed by atoms with E-state index in [1.165, 1.54) is 4.31 Å². The summed E-state index contributed by atoms with van der Waals surface area (Å²) >= 11 is 0. The van der Waals surface area contributed by atoms with Crippen LogP contribution in [0.2, 0.25) is 0 Å². The summed E-state index contributed by atoms with van der Waals surface area (Å²) in [5, 5.41) is 3.22. The van der Waals surface area contributed by atoms with Crippen molar-refractivity contribution in [2.45, 2.75) is 31.7 Å². The number of aryl methyl sites for hydroxylation is 1. The van der Waals surface area contributed by atoms with Crippen molar-refractivity contribution in [3.05, 3.63) is 59.7 Å². The lowest BCUT2D eigenvalue weighted by atomic mass is 10.1. The van der Waals surface area contributed by atoms with E-state index in [1.807, 2.05) is 38.1 Å². The molecule has 1 amide bonds. The van der Waals surface area contributed by atoms with Crippen LogP contribution in [0.15, 0.2) is 53.4 Å².